The number of carbonyl (C=O) groups excluding carboxylic acids is 2. The molecule has 0 saturated heterocycles. The van der Waals surface area contributed by atoms with Crippen molar-refractivity contribution < 1.29 is 18.0 Å². The molecular weight excluding hydrogens is 570 g/mol. The summed E-state index contributed by atoms with van der Waals surface area (Å²) in [6.45, 7) is 11.4. The molecule has 42 heavy (non-hydrogen) atoms. The van der Waals surface area contributed by atoms with Gasteiger partial charge in [0.15, 0.2) is 0 Å². The van der Waals surface area contributed by atoms with Crippen molar-refractivity contribution >= 4 is 39.1 Å². The van der Waals surface area contributed by atoms with Crippen LogP contribution in [-0.2, 0) is 38.0 Å². The molecule has 9 heteroatoms. The van der Waals surface area contributed by atoms with E-state index in [1.54, 1.807) is 30.3 Å². The average Bonchev–Trinajstić information content (AvgIpc) is 2.87. The second-order valence-electron chi connectivity index (χ2n) is 12.7. The maximum Gasteiger partial charge on any atom is 0.244 e. The van der Waals surface area contributed by atoms with Gasteiger partial charge in [-0.3, -0.25) is 13.9 Å². The highest BCUT2D eigenvalue weighted by molar-refractivity contribution is 7.92. The van der Waals surface area contributed by atoms with Gasteiger partial charge in [-0.05, 0) is 67.1 Å². The lowest BCUT2D eigenvalue weighted by molar-refractivity contribution is -0.140. The first-order chi connectivity index (χ1) is 19.4. The predicted molar refractivity (Wildman–Crippen MR) is 171 cm³/mol. The van der Waals surface area contributed by atoms with Gasteiger partial charge in [-0.1, -0.05) is 87.0 Å². The quantitative estimate of drug-likeness (QED) is 0.307. The third-order valence-electron chi connectivity index (χ3n) is 6.71. The van der Waals surface area contributed by atoms with Gasteiger partial charge in [-0.2, -0.15) is 0 Å². The number of nitrogens with zero attached hydrogens (tertiary/aromatic N) is 2. The molecule has 0 unspecified atom stereocenters. The summed E-state index contributed by atoms with van der Waals surface area (Å²) in [6, 6.07) is 22.8. The second kappa shape index (κ2) is 13.3. The number of amides is 2. The molecule has 3 aromatic rings. The van der Waals surface area contributed by atoms with E-state index in [1.165, 1.54) is 4.90 Å². The molecule has 0 aliphatic carbocycles. The van der Waals surface area contributed by atoms with Gasteiger partial charge in [0.1, 0.15) is 12.6 Å². The van der Waals surface area contributed by atoms with Crippen LogP contribution in [0.2, 0.25) is 5.02 Å². The summed E-state index contributed by atoms with van der Waals surface area (Å²) in [7, 11) is -3.84. The van der Waals surface area contributed by atoms with Crippen LogP contribution in [-0.4, -0.2) is 49.5 Å². The Morgan fingerprint density at radius 2 is 1.45 bits per heavy atom. The molecule has 3 aromatic carbocycles. The second-order valence-corrected chi connectivity index (χ2v) is 15.0. The molecule has 0 heterocycles. The monoisotopic (exact) mass is 611 g/mol. The molecule has 0 spiro atoms. The summed E-state index contributed by atoms with van der Waals surface area (Å²) in [4.78, 5) is 29.4. The van der Waals surface area contributed by atoms with E-state index in [1.807, 2.05) is 69.3 Å². The molecule has 1 N–H and O–H groups in total. The molecule has 0 saturated carbocycles. The van der Waals surface area contributed by atoms with Gasteiger partial charge >= 0.3 is 0 Å². The van der Waals surface area contributed by atoms with E-state index in [-0.39, 0.29) is 24.3 Å². The predicted octanol–water partition coefficient (Wildman–Crippen LogP) is 5.96. The summed E-state index contributed by atoms with van der Waals surface area (Å²) < 4.78 is 27.1. The van der Waals surface area contributed by atoms with Crippen LogP contribution < -0.4 is 9.62 Å². The van der Waals surface area contributed by atoms with Crippen LogP contribution in [0.15, 0.2) is 78.9 Å². The van der Waals surface area contributed by atoms with E-state index < -0.39 is 34.1 Å². The number of sulfonamides is 1. The minimum atomic E-state index is -3.84. The normalized spacial score (nSPS) is 12.9. The van der Waals surface area contributed by atoms with Gasteiger partial charge in [-0.15, -0.1) is 0 Å². The molecule has 0 aliphatic rings. The molecule has 226 valence electrons. The lowest BCUT2D eigenvalue weighted by Gasteiger charge is -2.35. The zero-order valence-corrected chi connectivity index (χ0v) is 27.1. The summed E-state index contributed by atoms with van der Waals surface area (Å²) in [5.74, 6) is -0.840. The standard InChI is InChI=1S/C33H42ClN3O4S/c1-32(2,3)26-16-18-28(19-17-26)37(42(7,40)41)23-30(38)36(22-25-14-11-15-27(34)20-25)29(31(39)35-33(4,5)6)21-24-12-9-8-10-13-24/h8-20,29H,21-23H2,1-7H3,(H,35,39)/t29-/m0/s1. The number of rotatable bonds is 10. The van der Waals surface area contributed by atoms with Gasteiger partial charge in [0.05, 0.1) is 11.9 Å². The number of carbonyl (C=O) groups is 2. The fraction of sp³-hybridized carbons (Fsp3) is 0.394. The zero-order valence-electron chi connectivity index (χ0n) is 25.5. The number of hydrogen-bond acceptors (Lipinski definition) is 4. The van der Waals surface area contributed by atoms with Crippen molar-refractivity contribution in [3.05, 3.63) is 101 Å². The van der Waals surface area contributed by atoms with Gasteiger partial charge in [-0.25, -0.2) is 8.42 Å². The first kappa shape index (κ1) is 33.1. The Balaban J connectivity index is 2.07. The largest absolute Gasteiger partial charge is 0.350 e. The molecular formula is C33H42ClN3O4S. The fourth-order valence-corrected chi connectivity index (χ4v) is 5.64. The van der Waals surface area contributed by atoms with E-state index in [9.17, 15) is 18.0 Å². The van der Waals surface area contributed by atoms with Crippen LogP contribution in [0.25, 0.3) is 0 Å². The highest BCUT2D eigenvalue weighted by Crippen LogP contribution is 2.27. The van der Waals surface area contributed by atoms with E-state index >= 15 is 0 Å². The van der Waals surface area contributed by atoms with Crippen LogP contribution >= 0.6 is 11.6 Å². The topological polar surface area (TPSA) is 86.8 Å². The molecule has 0 bridgehead atoms. The zero-order chi connectivity index (χ0) is 31.3. The highest BCUT2D eigenvalue weighted by Gasteiger charge is 2.34. The third kappa shape index (κ3) is 9.60. The van der Waals surface area contributed by atoms with Crippen molar-refractivity contribution in [2.75, 3.05) is 17.1 Å². The molecule has 3 rings (SSSR count). The number of anilines is 1. The maximum atomic E-state index is 14.2. The number of benzene rings is 3. The SMILES string of the molecule is CC(C)(C)NC(=O)[C@H](Cc1ccccc1)N(Cc1cccc(Cl)c1)C(=O)CN(c1ccc(C(C)(C)C)cc1)S(C)(=O)=O. The van der Waals surface area contributed by atoms with Crippen LogP contribution in [0.4, 0.5) is 5.69 Å². The minimum absolute atomic E-state index is 0.0645. The van der Waals surface area contributed by atoms with Gasteiger partial charge in [0, 0.05) is 23.5 Å². The first-order valence-corrected chi connectivity index (χ1v) is 16.1. The van der Waals surface area contributed by atoms with Crippen molar-refractivity contribution in [1.29, 1.82) is 0 Å². The number of halogens is 1. The average molecular weight is 612 g/mol. The Hall–Kier alpha value is -3.36. The number of hydrogen-bond donors (Lipinski definition) is 1. The minimum Gasteiger partial charge on any atom is -0.350 e. The van der Waals surface area contributed by atoms with Crippen molar-refractivity contribution in [3.8, 4) is 0 Å². The third-order valence-corrected chi connectivity index (χ3v) is 8.09. The van der Waals surface area contributed by atoms with Crippen LogP contribution in [0.5, 0.6) is 0 Å². The Bertz CT molecular complexity index is 1480. The molecule has 7 nitrogen and oxygen atoms in total. The molecule has 0 aliphatic heterocycles. The highest BCUT2D eigenvalue weighted by atomic mass is 35.5. The molecule has 2 amide bonds. The molecule has 1 atom stereocenters. The van der Waals surface area contributed by atoms with Gasteiger partial charge in [0.25, 0.3) is 0 Å². The lowest BCUT2D eigenvalue weighted by Crippen LogP contribution is -2.56. The van der Waals surface area contributed by atoms with E-state index in [2.05, 4.69) is 26.1 Å². The van der Waals surface area contributed by atoms with Crippen molar-refractivity contribution in [2.24, 2.45) is 0 Å². The van der Waals surface area contributed by atoms with Crippen LogP contribution in [0.3, 0.4) is 0 Å². The number of nitrogens with one attached hydrogen (secondary N) is 1. The fourth-order valence-electron chi connectivity index (χ4n) is 4.58. The Kier molecular flexibility index (Phi) is 10.5. The Morgan fingerprint density at radius 1 is 0.857 bits per heavy atom. The Labute approximate surface area is 255 Å². The smallest absolute Gasteiger partial charge is 0.244 e. The van der Waals surface area contributed by atoms with E-state index in [0.29, 0.717) is 10.7 Å². The van der Waals surface area contributed by atoms with Crippen molar-refractivity contribution in [2.45, 2.75) is 71.5 Å². The Morgan fingerprint density at radius 3 is 1.98 bits per heavy atom. The van der Waals surface area contributed by atoms with Gasteiger partial charge < -0.3 is 10.2 Å². The lowest BCUT2D eigenvalue weighted by atomic mass is 9.87. The first-order valence-electron chi connectivity index (χ1n) is 13.9. The van der Waals surface area contributed by atoms with Crippen molar-refractivity contribution in [1.82, 2.24) is 10.2 Å². The van der Waals surface area contributed by atoms with Crippen LogP contribution in [0, 0.1) is 0 Å². The molecule has 0 fully saturated rings. The van der Waals surface area contributed by atoms with E-state index in [4.69, 9.17) is 11.6 Å². The summed E-state index contributed by atoms with van der Waals surface area (Å²) in [5, 5.41) is 3.51. The van der Waals surface area contributed by atoms with Crippen LogP contribution in [0.1, 0.15) is 58.2 Å². The van der Waals surface area contributed by atoms with Gasteiger partial charge in [0.2, 0.25) is 21.8 Å². The maximum absolute atomic E-state index is 14.2. The summed E-state index contributed by atoms with van der Waals surface area (Å²) >= 11 is 6.27. The molecule has 0 radical (unpaired) electrons. The summed E-state index contributed by atoms with van der Waals surface area (Å²) in [5.41, 5.74) is 2.33. The molecule has 0 aromatic heterocycles. The van der Waals surface area contributed by atoms with Crippen molar-refractivity contribution in [3.63, 3.8) is 0 Å². The summed E-state index contributed by atoms with van der Waals surface area (Å²) in [6.07, 6.45) is 1.32. The van der Waals surface area contributed by atoms with E-state index in [0.717, 1.165) is 27.3 Å².